The third-order valence-electron chi connectivity index (χ3n) is 6.81. The molecule has 5 nitrogen and oxygen atoms in total. The van der Waals surface area contributed by atoms with Gasteiger partial charge >= 0.3 is 0 Å². The van der Waals surface area contributed by atoms with E-state index in [4.69, 9.17) is 9.73 Å². The first-order valence-corrected chi connectivity index (χ1v) is 11.7. The van der Waals surface area contributed by atoms with Crippen LogP contribution < -0.4 is 5.32 Å². The molecule has 1 saturated carbocycles. The third-order valence-corrected chi connectivity index (χ3v) is 6.81. The summed E-state index contributed by atoms with van der Waals surface area (Å²) in [5.74, 6) is 1.13. The Morgan fingerprint density at radius 1 is 0.963 bits per heavy atom. The van der Waals surface area contributed by atoms with Crippen molar-refractivity contribution in [2.24, 2.45) is 4.99 Å². The van der Waals surface area contributed by atoms with Gasteiger partial charge in [0.25, 0.3) is 0 Å². The number of piperidine rings is 2. The zero-order valence-electron chi connectivity index (χ0n) is 17.8. The monoisotopic (exact) mass is 378 g/mol. The van der Waals surface area contributed by atoms with Crippen LogP contribution in [0.4, 0.5) is 0 Å². The summed E-state index contributed by atoms with van der Waals surface area (Å²) in [5.41, 5.74) is 0.322. The molecule has 0 amide bonds. The van der Waals surface area contributed by atoms with Crippen molar-refractivity contribution < 1.29 is 4.74 Å². The van der Waals surface area contributed by atoms with Crippen LogP contribution in [0.2, 0.25) is 0 Å². The van der Waals surface area contributed by atoms with Gasteiger partial charge in [-0.2, -0.15) is 0 Å². The fourth-order valence-corrected chi connectivity index (χ4v) is 5.27. The number of nitrogens with one attached hydrogen (secondary N) is 1. The Balaban J connectivity index is 1.66. The van der Waals surface area contributed by atoms with E-state index in [-0.39, 0.29) is 0 Å². The van der Waals surface area contributed by atoms with Gasteiger partial charge in [0.15, 0.2) is 5.96 Å². The molecule has 0 bridgehead atoms. The zero-order valence-corrected chi connectivity index (χ0v) is 17.8. The molecule has 27 heavy (non-hydrogen) atoms. The van der Waals surface area contributed by atoms with Gasteiger partial charge in [0.2, 0.25) is 0 Å². The summed E-state index contributed by atoms with van der Waals surface area (Å²) >= 11 is 0. The molecule has 0 unspecified atom stereocenters. The Hall–Kier alpha value is -0.810. The van der Waals surface area contributed by atoms with Gasteiger partial charge in [-0.25, -0.2) is 0 Å². The second-order valence-electron chi connectivity index (χ2n) is 8.64. The fourth-order valence-electron chi connectivity index (χ4n) is 5.27. The lowest BCUT2D eigenvalue weighted by Crippen LogP contribution is -2.55. The van der Waals surface area contributed by atoms with E-state index in [9.17, 15) is 0 Å². The first kappa shape index (κ1) is 20.9. The maximum atomic E-state index is 5.83. The van der Waals surface area contributed by atoms with Crippen LogP contribution in [0.1, 0.15) is 78.1 Å². The molecule has 1 N–H and O–H groups in total. The van der Waals surface area contributed by atoms with E-state index < -0.39 is 0 Å². The number of nitrogens with zero attached hydrogens (tertiary/aromatic N) is 3. The lowest BCUT2D eigenvalue weighted by atomic mass is 9.79. The van der Waals surface area contributed by atoms with Crippen LogP contribution in [-0.2, 0) is 4.74 Å². The molecule has 3 fully saturated rings. The number of hydrogen-bond acceptors (Lipinski definition) is 3. The minimum atomic E-state index is 0.322. The average Bonchev–Trinajstić information content (AvgIpc) is 2.73. The van der Waals surface area contributed by atoms with Crippen LogP contribution in [0.3, 0.4) is 0 Å². The maximum Gasteiger partial charge on any atom is 0.193 e. The molecule has 0 aromatic carbocycles. The average molecular weight is 379 g/mol. The van der Waals surface area contributed by atoms with Crippen LogP contribution in [0.25, 0.3) is 0 Å². The maximum absolute atomic E-state index is 5.83. The van der Waals surface area contributed by atoms with Crippen molar-refractivity contribution in [3.63, 3.8) is 0 Å². The van der Waals surface area contributed by atoms with E-state index in [1.807, 2.05) is 0 Å². The molecule has 0 atom stereocenters. The molecular weight excluding hydrogens is 336 g/mol. The normalized spacial score (nSPS) is 25.6. The summed E-state index contributed by atoms with van der Waals surface area (Å²) in [6, 6.07) is 0. The van der Waals surface area contributed by atoms with Crippen LogP contribution in [0.15, 0.2) is 4.99 Å². The lowest BCUT2D eigenvalue weighted by Gasteiger charge is -2.47. The Morgan fingerprint density at radius 2 is 1.63 bits per heavy atom. The van der Waals surface area contributed by atoms with Gasteiger partial charge in [-0.15, -0.1) is 0 Å². The molecule has 1 aliphatic carbocycles. The number of hydrogen-bond donors (Lipinski definition) is 1. The Bertz CT molecular complexity index is 447. The number of ether oxygens (including phenoxy) is 1. The Morgan fingerprint density at radius 3 is 2.26 bits per heavy atom. The minimum Gasteiger partial charge on any atom is -0.378 e. The highest BCUT2D eigenvalue weighted by Crippen LogP contribution is 2.36. The Labute approximate surface area is 166 Å². The fraction of sp³-hybridized carbons (Fsp3) is 0.955. The summed E-state index contributed by atoms with van der Waals surface area (Å²) in [6.07, 6.45) is 13.7. The predicted octanol–water partition coefficient (Wildman–Crippen LogP) is 3.64. The standard InChI is InChI=1S/C22H42N4O/c1-3-23-21(25-17-11-20(12-18-25)27-4-2)24-19-22(13-7-5-8-14-22)26-15-9-6-10-16-26/h20H,3-19H2,1-2H3,(H,23,24). The van der Waals surface area contributed by atoms with Crippen molar-refractivity contribution in [3.05, 3.63) is 0 Å². The van der Waals surface area contributed by atoms with Crippen LogP contribution >= 0.6 is 0 Å². The van der Waals surface area contributed by atoms with Crippen molar-refractivity contribution in [1.82, 2.24) is 15.1 Å². The summed E-state index contributed by atoms with van der Waals surface area (Å²) in [7, 11) is 0. The second-order valence-corrected chi connectivity index (χ2v) is 8.64. The topological polar surface area (TPSA) is 40.1 Å². The molecular formula is C22H42N4O. The number of aliphatic imine (C=N–C) groups is 1. The van der Waals surface area contributed by atoms with Gasteiger partial charge < -0.3 is 15.0 Å². The molecule has 2 saturated heterocycles. The van der Waals surface area contributed by atoms with Crippen molar-refractivity contribution in [1.29, 1.82) is 0 Å². The second kappa shape index (κ2) is 10.7. The van der Waals surface area contributed by atoms with Gasteiger partial charge in [-0.1, -0.05) is 25.7 Å². The van der Waals surface area contributed by atoms with Crippen LogP contribution in [-0.4, -0.2) is 73.3 Å². The quantitative estimate of drug-likeness (QED) is 0.566. The van der Waals surface area contributed by atoms with E-state index >= 15 is 0 Å². The predicted molar refractivity (Wildman–Crippen MR) is 113 cm³/mol. The molecule has 3 rings (SSSR count). The molecule has 0 aromatic rings. The first-order valence-electron chi connectivity index (χ1n) is 11.7. The van der Waals surface area contributed by atoms with Crippen molar-refractivity contribution in [3.8, 4) is 0 Å². The van der Waals surface area contributed by atoms with Crippen LogP contribution in [0.5, 0.6) is 0 Å². The summed E-state index contributed by atoms with van der Waals surface area (Å²) in [5, 5.41) is 3.58. The van der Waals surface area contributed by atoms with Gasteiger partial charge in [0.1, 0.15) is 0 Å². The highest BCUT2D eigenvalue weighted by Gasteiger charge is 2.38. The van der Waals surface area contributed by atoms with E-state index in [0.29, 0.717) is 11.6 Å². The van der Waals surface area contributed by atoms with E-state index in [1.54, 1.807) is 0 Å². The largest absolute Gasteiger partial charge is 0.378 e. The highest BCUT2D eigenvalue weighted by molar-refractivity contribution is 5.80. The number of guanidine groups is 1. The molecule has 5 heteroatoms. The molecule has 2 heterocycles. The van der Waals surface area contributed by atoms with Crippen molar-refractivity contribution in [2.45, 2.75) is 89.7 Å². The van der Waals surface area contributed by atoms with Gasteiger partial charge in [-0.05, 0) is 65.5 Å². The summed E-state index contributed by atoms with van der Waals surface area (Å²) in [6.45, 7) is 11.7. The van der Waals surface area contributed by atoms with E-state index in [2.05, 4.69) is 29.0 Å². The molecule has 0 aromatic heterocycles. The van der Waals surface area contributed by atoms with E-state index in [0.717, 1.165) is 51.6 Å². The summed E-state index contributed by atoms with van der Waals surface area (Å²) in [4.78, 5) is 10.5. The molecule has 3 aliphatic rings. The van der Waals surface area contributed by atoms with Gasteiger partial charge in [-0.3, -0.25) is 9.89 Å². The zero-order chi connectivity index (χ0) is 19.0. The lowest BCUT2D eigenvalue weighted by molar-refractivity contribution is 0.0257. The van der Waals surface area contributed by atoms with E-state index in [1.165, 1.54) is 64.5 Å². The highest BCUT2D eigenvalue weighted by atomic mass is 16.5. The smallest absolute Gasteiger partial charge is 0.193 e. The van der Waals surface area contributed by atoms with Gasteiger partial charge in [0, 0.05) is 31.8 Å². The van der Waals surface area contributed by atoms with Gasteiger partial charge in [0.05, 0.1) is 12.6 Å². The van der Waals surface area contributed by atoms with Crippen molar-refractivity contribution in [2.75, 3.05) is 45.9 Å². The molecule has 0 spiro atoms. The van der Waals surface area contributed by atoms with Crippen LogP contribution in [0, 0.1) is 0 Å². The van der Waals surface area contributed by atoms with Crippen molar-refractivity contribution >= 4 is 5.96 Å². The number of rotatable bonds is 6. The Kier molecular flexibility index (Phi) is 8.25. The SMILES string of the molecule is CCNC(=NCC1(N2CCCCC2)CCCCC1)N1CCC(OCC)CC1. The molecule has 156 valence electrons. The third kappa shape index (κ3) is 5.60. The number of likely N-dealkylation sites (tertiary alicyclic amines) is 2. The first-order chi connectivity index (χ1) is 13.3. The summed E-state index contributed by atoms with van der Waals surface area (Å²) < 4.78 is 5.83. The minimum absolute atomic E-state index is 0.322. The molecule has 2 aliphatic heterocycles. The molecule has 0 radical (unpaired) electrons.